The van der Waals surface area contributed by atoms with E-state index in [-0.39, 0.29) is 23.8 Å². The Kier molecular flexibility index (Phi) is 5.18. The lowest BCUT2D eigenvalue weighted by molar-refractivity contribution is -0.121. The number of nitrogens with zero attached hydrogens (tertiary/aromatic N) is 1. The minimum absolute atomic E-state index is 0.0367. The average Bonchev–Trinajstić information content (AvgIpc) is 3.07. The SMILES string of the molecule is COc1cc(NC(=O)C2CCC(N3Cc4c(N)cccc4C3=O)CC2)ccc1C. The first-order chi connectivity index (χ1) is 14.0. The highest BCUT2D eigenvalue weighted by Crippen LogP contribution is 2.35. The Balaban J connectivity index is 1.36. The minimum atomic E-state index is -0.0382. The van der Waals surface area contributed by atoms with Crippen molar-refractivity contribution in [2.45, 2.75) is 45.2 Å². The summed E-state index contributed by atoms with van der Waals surface area (Å²) in [4.78, 5) is 27.4. The molecule has 1 aliphatic carbocycles. The Morgan fingerprint density at radius 1 is 1.17 bits per heavy atom. The van der Waals surface area contributed by atoms with Crippen LogP contribution in [0.1, 0.15) is 47.2 Å². The molecule has 152 valence electrons. The van der Waals surface area contributed by atoms with Crippen LogP contribution in [0.5, 0.6) is 5.75 Å². The van der Waals surface area contributed by atoms with Crippen LogP contribution in [0.15, 0.2) is 36.4 Å². The zero-order valence-electron chi connectivity index (χ0n) is 16.9. The predicted molar refractivity (Wildman–Crippen MR) is 113 cm³/mol. The summed E-state index contributed by atoms with van der Waals surface area (Å²) in [5.74, 6) is 0.822. The number of hydrogen-bond donors (Lipinski definition) is 2. The molecule has 0 unspecified atom stereocenters. The normalized spacial score (nSPS) is 21.0. The molecule has 1 saturated carbocycles. The molecule has 1 heterocycles. The lowest BCUT2D eigenvalue weighted by Crippen LogP contribution is -2.40. The van der Waals surface area contributed by atoms with Crippen LogP contribution in [0.25, 0.3) is 0 Å². The second kappa shape index (κ2) is 7.78. The first kappa shape index (κ1) is 19.3. The van der Waals surface area contributed by atoms with Crippen molar-refractivity contribution in [1.82, 2.24) is 4.90 Å². The Hall–Kier alpha value is -3.02. The van der Waals surface area contributed by atoms with Gasteiger partial charge in [0.25, 0.3) is 5.91 Å². The molecular formula is C23H27N3O3. The van der Waals surface area contributed by atoms with E-state index in [4.69, 9.17) is 10.5 Å². The largest absolute Gasteiger partial charge is 0.496 e. The van der Waals surface area contributed by atoms with E-state index in [1.54, 1.807) is 7.11 Å². The molecule has 0 spiro atoms. The first-order valence-electron chi connectivity index (χ1n) is 10.1. The van der Waals surface area contributed by atoms with Gasteiger partial charge in [-0.05, 0) is 56.4 Å². The molecule has 6 heteroatoms. The topological polar surface area (TPSA) is 84.7 Å². The van der Waals surface area contributed by atoms with Gasteiger partial charge < -0.3 is 20.7 Å². The second-order valence-corrected chi connectivity index (χ2v) is 7.99. The van der Waals surface area contributed by atoms with Crippen molar-refractivity contribution in [2.24, 2.45) is 5.92 Å². The Morgan fingerprint density at radius 2 is 1.93 bits per heavy atom. The van der Waals surface area contributed by atoms with E-state index in [1.165, 1.54) is 0 Å². The molecule has 2 aromatic rings. The van der Waals surface area contributed by atoms with Gasteiger partial charge in [0.2, 0.25) is 5.91 Å². The third kappa shape index (κ3) is 3.67. The van der Waals surface area contributed by atoms with Crippen molar-refractivity contribution in [3.8, 4) is 5.75 Å². The molecular weight excluding hydrogens is 366 g/mol. The van der Waals surface area contributed by atoms with Gasteiger partial charge in [0, 0.05) is 47.1 Å². The second-order valence-electron chi connectivity index (χ2n) is 7.99. The molecule has 2 aliphatic rings. The first-order valence-corrected chi connectivity index (χ1v) is 10.1. The lowest BCUT2D eigenvalue weighted by atomic mass is 9.84. The maximum atomic E-state index is 12.8. The van der Waals surface area contributed by atoms with Crippen molar-refractivity contribution in [2.75, 3.05) is 18.2 Å². The monoisotopic (exact) mass is 393 g/mol. The van der Waals surface area contributed by atoms with Crippen LogP contribution in [0, 0.1) is 12.8 Å². The fourth-order valence-corrected chi connectivity index (χ4v) is 4.47. The van der Waals surface area contributed by atoms with Crippen molar-refractivity contribution >= 4 is 23.2 Å². The molecule has 0 bridgehead atoms. The highest BCUT2D eigenvalue weighted by molar-refractivity contribution is 6.00. The highest BCUT2D eigenvalue weighted by Gasteiger charge is 2.36. The Bertz CT molecular complexity index is 948. The van der Waals surface area contributed by atoms with Crippen LogP contribution >= 0.6 is 0 Å². The molecule has 6 nitrogen and oxygen atoms in total. The number of carbonyl (C=O) groups is 2. The number of amides is 2. The fraction of sp³-hybridized carbons (Fsp3) is 0.391. The average molecular weight is 393 g/mol. The van der Waals surface area contributed by atoms with Gasteiger partial charge in [0.05, 0.1) is 7.11 Å². The van der Waals surface area contributed by atoms with Gasteiger partial charge in [0.1, 0.15) is 5.75 Å². The van der Waals surface area contributed by atoms with Gasteiger partial charge in [-0.1, -0.05) is 12.1 Å². The Morgan fingerprint density at radius 3 is 2.62 bits per heavy atom. The fourth-order valence-electron chi connectivity index (χ4n) is 4.47. The van der Waals surface area contributed by atoms with Gasteiger partial charge in [-0.3, -0.25) is 9.59 Å². The molecule has 1 fully saturated rings. The number of carbonyl (C=O) groups excluding carboxylic acids is 2. The number of aryl methyl sites for hydroxylation is 1. The van der Waals surface area contributed by atoms with Crippen molar-refractivity contribution in [1.29, 1.82) is 0 Å². The predicted octanol–water partition coefficient (Wildman–Crippen LogP) is 3.74. The number of nitrogens with two attached hydrogens (primary N) is 1. The molecule has 2 amide bonds. The Labute approximate surface area is 171 Å². The summed E-state index contributed by atoms with van der Waals surface area (Å²) in [7, 11) is 1.63. The van der Waals surface area contributed by atoms with Crippen LogP contribution in [-0.4, -0.2) is 29.9 Å². The van der Waals surface area contributed by atoms with Crippen LogP contribution in [-0.2, 0) is 11.3 Å². The quantitative estimate of drug-likeness (QED) is 0.775. The third-order valence-electron chi connectivity index (χ3n) is 6.22. The summed E-state index contributed by atoms with van der Waals surface area (Å²) in [6.45, 7) is 2.54. The number of nitrogens with one attached hydrogen (secondary N) is 1. The number of ether oxygens (including phenoxy) is 1. The van der Waals surface area contributed by atoms with Crippen LogP contribution in [0.2, 0.25) is 0 Å². The summed E-state index contributed by atoms with van der Waals surface area (Å²) in [5, 5.41) is 3.01. The van der Waals surface area contributed by atoms with E-state index in [9.17, 15) is 9.59 Å². The molecule has 0 saturated heterocycles. The number of anilines is 2. The molecule has 0 aromatic heterocycles. The van der Waals surface area contributed by atoms with Crippen molar-refractivity contribution < 1.29 is 14.3 Å². The zero-order chi connectivity index (χ0) is 20.5. The van der Waals surface area contributed by atoms with Crippen molar-refractivity contribution in [3.05, 3.63) is 53.1 Å². The summed E-state index contributed by atoms with van der Waals surface area (Å²) >= 11 is 0. The maximum Gasteiger partial charge on any atom is 0.254 e. The number of benzene rings is 2. The maximum absolute atomic E-state index is 12.8. The van der Waals surface area contributed by atoms with E-state index >= 15 is 0 Å². The third-order valence-corrected chi connectivity index (χ3v) is 6.22. The van der Waals surface area contributed by atoms with E-state index < -0.39 is 0 Å². The molecule has 4 rings (SSSR count). The van der Waals surface area contributed by atoms with E-state index in [0.29, 0.717) is 12.2 Å². The molecule has 2 aromatic carbocycles. The zero-order valence-corrected chi connectivity index (χ0v) is 16.9. The number of fused-ring (bicyclic) bond motifs is 1. The number of hydrogen-bond acceptors (Lipinski definition) is 4. The van der Waals surface area contributed by atoms with E-state index in [2.05, 4.69) is 5.32 Å². The lowest BCUT2D eigenvalue weighted by Gasteiger charge is -2.34. The van der Waals surface area contributed by atoms with Gasteiger partial charge in [0.15, 0.2) is 0 Å². The number of nitrogen functional groups attached to an aromatic ring is 1. The molecule has 0 radical (unpaired) electrons. The standard InChI is InChI=1S/C23H27N3O3/c1-14-6-9-16(12-21(14)29-2)25-22(27)15-7-10-17(11-8-15)26-13-19-18(23(26)28)4-3-5-20(19)24/h3-6,9,12,15,17H,7-8,10-11,13,24H2,1-2H3,(H,25,27). The number of methoxy groups -OCH3 is 1. The summed E-state index contributed by atoms with van der Waals surface area (Å²) < 4.78 is 5.33. The molecule has 29 heavy (non-hydrogen) atoms. The molecule has 1 aliphatic heterocycles. The van der Waals surface area contributed by atoms with Gasteiger partial charge >= 0.3 is 0 Å². The van der Waals surface area contributed by atoms with Crippen LogP contribution in [0.4, 0.5) is 11.4 Å². The van der Waals surface area contributed by atoms with Crippen LogP contribution < -0.4 is 15.8 Å². The molecule has 3 N–H and O–H groups in total. The summed E-state index contributed by atoms with van der Waals surface area (Å²) in [5.41, 5.74) is 10.2. The van der Waals surface area contributed by atoms with Gasteiger partial charge in [-0.15, -0.1) is 0 Å². The van der Waals surface area contributed by atoms with E-state index in [0.717, 1.165) is 53.8 Å². The summed E-state index contributed by atoms with van der Waals surface area (Å²) in [6.07, 6.45) is 3.20. The minimum Gasteiger partial charge on any atom is -0.496 e. The highest BCUT2D eigenvalue weighted by atomic mass is 16.5. The van der Waals surface area contributed by atoms with Gasteiger partial charge in [-0.2, -0.15) is 0 Å². The van der Waals surface area contributed by atoms with Gasteiger partial charge in [-0.25, -0.2) is 0 Å². The number of rotatable bonds is 4. The van der Waals surface area contributed by atoms with E-state index in [1.807, 2.05) is 48.2 Å². The van der Waals surface area contributed by atoms with Crippen molar-refractivity contribution in [3.63, 3.8) is 0 Å². The molecule has 0 atom stereocenters. The van der Waals surface area contributed by atoms with Crippen LogP contribution in [0.3, 0.4) is 0 Å². The summed E-state index contributed by atoms with van der Waals surface area (Å²) in [6, 6.07) is 11.4. The smallest absolute Gasteiger partial charge is 0.254 e.